The van der Waals surface area contributed by atoms with E-state index in [-0.39, 0.29) is 22.9 Å². The molecule has 0 aromatic rings. The highest BCUT2D eigenvalue weighted by Crippen LogP contribution is 2.48. The van der Waals surface area contributed by atoms with Gasteiger partial charge in [-0.2, -0.15) is 0 Å². The quantitative estimate of drug-likeness (QED) is 0.755. The second-order valence-corrected chi connectivity index (χ2v) is 6.83. The first-order valence-corrected chi connectivity index (χ1v) is 6.80. The fourth-order valence-corrected chi connectivity index (χ4v) is 3.12. The maximum atomic E-state index is 12.3. The summed E-state index contributed by atoms with van der Waals surface area (Å²) in [7, 11) is 0. The lowest BCUT2D eigenvalue weighted by atomic mass is 9.67. The summed E-state index contributed by atoms with van der Waals surface area (Å²) in [5, 5.41) is 0. The van der Waals surface area contributed by atoms with Gasteiger partial charge < -0.3 is 9.47 Å². The fourth-order valence-electron chi connectivity index (χ4n) is 3.12. The van der Waals surface area contributed by atoms with E-state index in [4.69, 9.17) is 9.47 Å². The molecular formula is C15H24O3. The van der Waals surface area contributed by atoms with E-state index in [9.17, 15) is 4.79 Å². The molecule has 0 aromatic heterocycles. The molecule has 1 unspecified atom stereocenters. The van der Waals surface area contributed by atoms with Crippen LogP contribution in [0.1, 0.15) is 53.9 Å². The summed E-state index contributed by atoms with van der Waals surface area (Å²) in [6.45, 7) is 11.1. The normalized spacial score (nSPS) is 29.8. The third kappa shape index (κ3) is 2.46. The van der Waals surface area contributed by atoms with Gasteiger partial charge in [0, 0.05) is 36.9 Å². The summed E-state index contributed by atoms with van der Waals surface area (Å²) >= 11 is 0. The van der Waals surface area contributed by atoms with Crippen LogP contribution < -0.4 is 0 Å². The highest BCUT2D eigenvalue weighted by atomic mass is 16.7. The minimum absolute atomic E-state index is 0.000101. The van der Waals surface area contributed by atoms with Gasteiger partial charge in [-0.1, -0.05) is 27.7 Å². The highest BCUT2D eigenvalue weighted by molar-refractivity contribution is 5.98. The Labute approximate surface area is 110 Å². The summed E-state index contributed by atoms with van der Waals surface area (Å²) < 4.78 is 11.5. The molecule has 3 heteroatoms. The first kappa shape index (κ1) is 13.6. The fraction of sp³-hybridized carbons (Fsp3) is 0.800. The SMILES string of the molecule is CCOC1CC(C)(C)C2=C(CC(C)(C)CC2=O)O1. The molecule has 1 aliphatic carbocycles. The van der Waals surface area contributed by atoms with Gasteiger partial charge in [0.1, 0.15) is 5.76 Å². The summed E-state index contributed by atoms with van der Waals surface area (Å²) in [5.41, 5.74) is 0.763. The maximum absolute atomic E-state index is 12.3. The second kappa shape index (κ2) is 4.37. The van der Waals surface area contributed by atoms with E-state index in [1.807, 2.05) is 6.92 Å². The molecule has 0 bridgehead atoms. The largest absolute Gasteiger partial charge is 0.469 e. The van der Waals surface area contributed by atoms with Gasteiger partial charge >= 0.3 is 0 Å². The molecule has 1 aliphatic heterocycles. The van der Waals surface area contributed by atoms with Gasteiger partial charge in [-0.25, -0.2) is 0 Å². The van der Waals surface area contributed by atoms with Gasteiger partial charge in [0.25, 0.3) is 0 Å². The van der Waals surface area contributed by atoms with Crippen LogP contribution in [-0.4, -0.2) is 18.7 Å². The minimum Gasteiger partial charge on any atom is -0.469 e. The van der Waals surface area contributed by atoms with Crippen LogP contribution in [0.3, 0.4) is 0 Å². The lowest BCUT2D eigenvalue weighted by molar-refractivity contribution is -0.153. The Bertz CT molecular complexity index is 391. The van der Waals surface area contributed by atoms with Gasteiger partial charge in [0.2, 0.25) is 0 Å². The lowest BCUT2D eigenvalue weighted by Gasteiger charge is -2.43. The Morgan fingerprint density at radius 2 is 1.94 bits per heavy atom. The van der Waals surface area contributed by atoms with Crippen molar-refractivity contribution < 1.29 is 14.3 Å². The monoisotopic (exact) mass is 252 g/mol. The van der Waals surface area contributed by atoms with Crippen LogP contribution in [-0.2, 0) is 14.3 Å². The number of hydrogen-bond acceptors (Lipinski definition) is 3. The van der Waals surface area contributed by atoms with Crippen molar-refractivity contribution in [2.24, 2.45) is 10.8 Å². The zero-order chi connectivity index (χ0) is 13.6. The number of hydrogen-bond donors (Lipinski definition) is 0. The molecule has 0 N–H and O–H groups in total. The molecule has 0 amide bonds. The summed E-state index contributed by atoms with van der Waals surface area (Å²) in [6.07, 6.45) is 2.01. The summed E-state index contributed by atoms with van der Waals surface area (Å²) in [4.78, 5) is 12.3. The van der Waals surface area contributed by atoms with E-state index in [2.05, 4.69) is 27.7 Å². The van der Waals surface area contributed by atoms with E-state index < -0.39 is 0 Å². The molecule has 0 radical (unpaired) electrons. The van der Waals surface area contributed by atoms with Crippen LogP contribution in [0.2, 0.25) is 0 Å². The molecule has 0 aromatic carbocycles. The van der Waals surface area contributed by atoms with Crippen molar-refractivity contribution in [1.82, 2.24) is 0 Å². The van der Waals surface area contributed by atoms with E-state index in [0.29, 0.717) is 13.0 Å². The Morgan fingerprint density at radius 1 is 1.28 bits per heavy atom. The third-order valence-electron chi connectivity index (χ3n) is 3.82. The highest BCUT2D eigenvalue weighted by Gasteiger charge is 2.45. The first-order valence-electron chi connectivity index (χ1n) is 6.80. The van der Waals surface area contributed by atoms with Crippen LogP contribution in [0.4, 0.5) is 0 Å². The number of Topliss-reactive ketones (excluding diaryl/α,β-unsaturated/α-hetero) is 1. The Morgan fingerprint density at radius 3 is 2.56 bits per heavy atom. The van der Waals surface area contributed by atoms with Crippen LogP contribution in [0.5, 0.6) is 0 Å². The molecule has 102 valence electrons. The average molecular weight is 252 g/mol. The van der Waals surface area contributed by atoms with Crippen molar-refractivity contribution in [3.63, 3.8) is 0 Å². The first-order chi connectivity index (χ1) is 8.25. The molecule has 0 fully saturated rings. The molecule has 0 saturated carbocycles. The number of ketones is 1. The topological polar surface area (TPSA) is 35.5 Å². The average Bonchev–Trinajstić information content (AvgIpc) is 2.11. The molecule has 3 nitrogen and oxygen atoms in total. The smallest absolute Gasteiger partial charge is 0.200 e. The van der Waals surface area contributed by atoms with Crippen molar-refractivity contribution in [1.29, 1.82) is 0 Å². The number of ether oxygens (including phenoxy) is 2. The molecule has 0 saturated heterocycles. The third-order valence-corrected chi connectivity index (χ3v) is 3.82. The molecule has 0 spiro atoms. The predicted molar refractivity (Wildman–Crippen MR) is 69.9 cm³/mol. The van der Waals surface area contributed by atoms with Gasteiger partial charge in [-0.3, -0.25) is 4.79 Å². The molecule has 2 rings (SSSR count). The van der Waals surface area contributed by atoms with Gasteiger partial charge in [0.15, 0.2) is 12.1 Å². The van der Waals surface area contributed by atoms with Gasteiger partial charge in [0.05, 0.1) is 0 Å². The zero-order valence-corrected chi connectivity index (χ0v) is 12.1. The van der Waals surface area contributed by atoms with E-state index in [1.165, 1.54) is 0 Å². The summed E-state index contributed by atoms with van der Waals surface area (Å²) in [6, 6.07) is 0. The van der Waals surface area contributed by atoms with Crippen molar-refractivity contribution in [3.05, 3.63) is 11.3 Å². The standard InChI is InChI=1S/C15H24O3/c1-6-17-12-9-15(4,5)13-10(16)7-14(2,3)8-11(13)18-12/h12H,6-9H2,1-5H3. The molecule has 1 heterocycles. The van der Waals surface area contributed by atoms with Crippen molar-refractivity contribution >= 4 is 5.78 Å². The van der Waals surface area contributed by atoms with Gasteiger partial charge in [-0.05, 0) is 12.3 Å². The number of allylic oxidation sites excluding steroid dienone is 2. The molecule has 2 aliphatic rings. The minimum atomic E-state index is -0.203. The molecule has 1 atom stereocenters. The van der Waals surface area contributed by atoms with Crippen LogP contribution in [0.25, 0.3) is 0 Å². The van der Waals surface area contributed by atoms with Crippen molar-refractivity contribution in [2.75, 3.05) is 6.61 Å². The summed E-state index contributed by atoms with van der Waals surface area (Å²) in [5.74, 6) is 1.12. The number of carbonyl (C=O) groups excluding carboxylic acids is 1. The maximum Gasteiger partial charge on any atom is 0.200 e. The molecular weight excluding hydrogens is 228 g/mol. The predicted octanol–water partition coefficient (Wildman–Crippen LogP) is 3.44. The lowest BCUT2D eigenvalue weighted by Crippen LogP contribution is -2.40. The Hall–Kier alpha value is -0.830. The van der Waals surface area contributed by atoms with Gasteiger partial charge in [-0.15, -0.1) is 0 Å². The van der Waals surface area contributed by atoms with Crippen molar-refractivity contribution in [3.8, 4) is 0 Å². The van der Waals surface area contributed by atoms with E-state index in [1.54, 1.807) is 0 Å². The Kier molecular flexibility index (Phi) is 3.30. The number of carbonyl (C=O) groups is 1. The van der Waals surface area contributed by atoms with Crippen LogP contribution >= 0.6 is 0 Å². The Balaban J connectivity index is 2.35. The number of rotatable bonds is 2. The van der Waals surface area contributed by atoms with Crippen LogP contribution in [0.15, 0.2) is 11.3 Å². The van der Waals surface area contributed by atoms with E-state index in [0.717, 1.165) is 24.2 Å². The second-order valence-electron chi connectivity index (χ2n) is 6.83. The van der Waals surface area contributed by atoms with E-state index >= 15 is 0 Å². The zero-order valence-electron chi connectivity index (χ0n) is 12.1. The van der Waals surface area contributed by atoms with Crippen molar-refractivity contribution in [2.45, 2.75) is 60.2 Å². The molecule has 18 heavy (non-hydrogen) atoms. The van der Waals surface area contributed by atoms with Crippen LogP contribution in [0, 0.1) is 10.8 Å².